The summed E-state index contributed by atoms with van der Waals surface area (Å²) < 4.78 is 0.971. The molecule has 3 heteroatoms. The Bertz CT molecular complexity index is 446. The maximum atomic E-state index is 12.1. The number of halogens is 1. The molecule has 1 aromatic carbocycles. The number of ketones is 1. The van der Waals surface area contributed by atoms with E-state index in [2.05, 4.69) is 34.7 Å². The molecule has 0 N–H and O–H groups in total. The van der Waals surface area contributed by atoms with E-state index in [0.717, 1.165) is 41.5 Å². The zero-order valence-corrected chi connectivity index (χ0v) is 13.3. The summed E-state index contributed by atoms with van der Waals surface area (Å²) in [6, 6.07) is 7.67. The molecule has 2 unspecified atom stereocenters. The van der Waals surface area contributed by atoms with Gasteiger partial charge < -0.3 is 4.90 Å². The van der Waals surface area contributed by atoms with Gasteiger partial charge in [-0.15, -0.1) is 0 Å². The molecule has 0 aromatic heterocycles. The quantitative estimate of drug-likeness (QED) is 0.780. The van der Waals surface area contributed by atoms with Gasteiger partial charge in [0, 0.05) is 29.5 Å². The number of carbonyl (C=O) groups is 1. The predicted molar refractivity (Wildman–Crippen MR) is 82.5 cm³/mol. The molecule has 1 aliphatic heterocycles. The van der Waals surface area contributed by atoms with E-state index in [4.69, 9.17) is 0 Å². The average Bonchev–Trinajstić information content (AvgIpc) is 2.40. The minimum atomic E-state index is 0.243. The summed E-state index contributed by atoms with van der Waals surface area (Å²) in [6.07, 6.45) is 1.88. The summed E-state index contributed by atoms with van der Waals surface area (Å²) in [5, 5.41) is 0. The minimum Gasteiger partial charge on any atom is -0.303 e. The van der Waals surface area contributed by atoms with Crippen LogP contribution in [0.15, 0.2) is 28.7 Å². The molecule has 0 amide bonds. The van der Waals surface area contributed by atoms with Crippen LogP contribution in [-0.4, -0.2) is 30.3 Å². The highest BCUT2D eigenvalue weighted by molar-refractivity contribution is 9.10. The third-order valence-electron chi connectivity index (χ3n) is 4.22. The van der Waals surface area contributed by atoms with Crippen molar-refractivity contribution >= 4 is 21.7 Å². The van der Waals surface area contributed by atoms with E-state index in [1.54, 1.807) is 0 Å². The predicted octanol–water partition coefficient (Wildman–Crippen LogP) is 4.00. The molecule has 0 saturated carbocycles. The Hall–Kier alpha value is -0.670. The first kappa shape index (κ1) is 14.7. The Morgan fingerprint density at radius 2 is 2.16 bits per heavy atom. The topological polar surface area (TPSA) is 20.3 Å². The van der Waals surface area contributed by atoms with Crippen LogP contribution in [-0.2, 0) is 0 Å². The lowest BCUT2D eigenvalue weighted by atomic mass is 9.88. The van der Waals surface area contributed by atoms with E-state index in [1.807, 2.05) is 24.3 Å². The summed E-state index contributed by atoms with van der Waals surface area (Å²) in [4.78, 5) is 14.6. The number of carbonyl (C=O) groups excluding carboxylic acids is 1. The number of benzene rings is 1. The molecule has 2 atom stereocenters. The molecule has 0 radical (unpaired) electrons. The van der Waals surface area contributed by atoms with E-state index < -0.39 is 0 Å². The standard InChI is InChI=1S/C16H22BrNO/c1-12-6-8-18(11-13(12)2)9-7-16(19)14-4-3-5-15(17)10-14/h3-5,10,12-13H,6-9,11H2,1-2H3. The summed E-state index contributed by atoms with van der Waals surface area (Å²) in [5.41, 5.74) is 0.813. The van der Waals surface area contributed by atoms with Crippen molar-refractivity contribution in [1.29, 1.82) is 0 Å². The Balaban J connectivity index is 1.84. The Kier molecular flexibility index (Phi) is 5.17. The Labute approximate surface area is 124 Å². The Morgan fingerprint density at radius 1 is 1.37 bits per heavy atom. The van der Waals surface area contributed by atoms with Crippen LogP contribution >= 0.6 is 15.9 Å². The van der Waals surface area contributed by atoms with Crippen LogP contribution in [0.1, 0.15) is 37.0 Å². The first-order valence-electron chi connectivity index (χ1n) is 7.07. The van der Waals surface area contributed by atoms with Gasteiger partial charge in [-0.05, 0) is 36.9 Å². The maximum Gasteiger partial charge on any atom is 0.164 e. The van der Waals surface area contributed by atoms with Gasteiger partial charge in [-0.1, -0.05) is 41.9 Å². The molecular weight excluding hydrogens is 302 g/mol. The van der Waals surface area contributed by atoms with Crippen molar-refractivity contribution in [3.63, 3.8) is 0 Å². The lowest BCUT2D eigenvalue weighted by molar-refractivity contribution is 0.0927. The van der Waals surface area contributed by atoms with Crippen molar-refractivity contribution in [3.05, 3.63) is 34.3 Å². The molecule has 0 aliphatic carbocycles. The van der Waals surface area contributed by atoms with Gasteiger partial charge in [0.05, 0.1) is 0 Å². The highest BCUT2D eigenvalue weighted by Crippen LogP contribution is 2.22. The molecule has 1 aliphatic rings. The molecule has 1 aromatic rings. The number of rotatable bonds is 4. The third kappa shape index (κ3) is 4.15. The van der Waals surface area contributed by atoms with Gasteiger partial charge >= 0.3 is 0 Å². The lowest BCUT2D eigenvalue weighted by Crippen LogP contribution is -2.39. The lowest BCUT2D eigenvalue weighted by Gasteiger charge is -2.35. The van der Waals surface area contributed by atoms with Gasteiger partial charge in [0.2, 0.25) is 0 Å². The first-order chi connectivity index (χ1) is 9.06. The normalized spacial score (nSPS) is 24.4. The molecule has 19 heavy (non-hydrogen) atoms. The van der Waals surface area contributed by atoms with Gasteiger partial charge in [-0.25, -0.2) is 0 Å². The summed E-state index contributed by atoms with van der Waals surface area (Å²) in [6.45, 7) is 7.80. The molecule has 0 bridgehead atoms. The number of Topliss-reactive ketones (excluding diaryl/α,β-unsaturated/α-hetero) is 1. The van der Waals surface area contributed by atoms with E-state index in [1.165, 1.54) is 6.42 Å². The van der Waals surface area contributed by atoms with Crippen molar-refractivity contribution in [2.24, 2.45) is 11.8 Å². The zero-order chi connectivity index (χ0) is 13.8. The second-order valence-corrected chi connectivity index (χ2v) is 6.64. The summed E-state index contributed by atoms with van der Waals surface area (Å²) in [7, 11) is 0. The van der Waals surface area contributed by atoms with Crippen LogP contribution in [0.4, 0.5) is 0 Å². The number of piperidine rings is 1. The van der Waals surface area contributed by atoms with Crippen molar-refractivity contribution < 1.29 is 4.79 Å². The zero-order valence-electron chi connectivity index (χ0n) is 11.7. The number of nitrogens with zero attached hydrogens (tertiary/aromatic N) is 1. The molecule has 2 rings (SSSR count). The Morgan fingerprint density at radius 3 is 2.84 bits per heavy atom. The van der Waals surface area contributed by atoms with E-state index in [0.29, 0.717) is 6.42 Å². The van der Waals surface area contributed by atoms with Crippen LogP contribution in [0.3, 0.4) is 0 Å². The van der Waals surface area contributed by atoms with Crippen LogP contribution < -0.4 is 0 Å². The second-order valence-electron chi connectivity index (χ2n) is 5.73. The average molecular weight is 324 g/mol. The maximum absolute atomic E-state index is 12.1. The van der Waals surface area contributed by atoms with Gasteiger partial charge in [0.1, 0.15) is 0 Å². The van der Waals surface area contributed by atoms with Crippen molar-refractivity contribution in [3.8, 4) is 0 Å². The van der Waals surface area contributed by atoms with Gasteiger partial charge in [-0.2, -0.15) is 0 Å². The second kappa shape index (κ2) is 6.67. The summed E-state index contributed by atoms with van der Waals surface area (Å²) >= 11 is 3.41. The molecule has 104 valence electrons. The van der Waals surface area contributed by atoms with Gasteiger partial charge in [-0.3, -0.25) is 4.79 Å². The molecule has 1 heterocycles. The largest absolute Gasteiger partial charge is 0.303 e. The smallest absolute Gasteiger partial charge is 0.164 e. The fourth-order valence-corrected chi connectivity index (χ4v) is 3.02. The molecule has 1 saturated heterocycles. The van der Waals surface area contributed by atoms with E-state index in [-0.39, 0.29) is 5.78 Å². The summed E-state index contributed by atoms with van der Waals surface area (Å²) in [5.74, 6) is 1.80. The van der Waals surface area contributed by atoms with Crippen molar-refractivity contribution in [2.45, 2.75) is 26.7 Å². The highest BCUT2D eigenvalue weighted by atomic mass is 79.9. The minimum absolute atomic E-state index is 0.243. The SMILES string of the molecule is CC1CCN(CCC(=O)c2cccc(Br)c2)CC1C. The van der Waals surface area contributed by atoms with E-state index in [9.17, 15) is 4.79 Å². The van der Waals surface area contributed by atoms with Crippen molar-refractivity contribution in [2.75, 3.05) is 19.6 Å². The van der Waals surface area contributed by atoms with Crippen LogP contribution in [0, 0.1) is 11.8 Å². The van der Waals surface area contributed by atoms with Crippen LogP contribution in [0.25, 0.3) is 0 Å². The van der Waals surface area contributed by atoms with Crippen molar-refractivity contribution in [1.82, 2.24) is 4.90 Å². The molecule has 0 spiro atoms. The highest BCUT2D eigenvalue weighted by Gasteiger charge is 2.22. The number of hydrogen-bond acceptors (Lipinski definition) is 2. The van der Waals surface area contributed by atoms with Gasteiger partial charge in [0.15, 0.2) is 5.78 Å². The van der Waals surface area contributed by atoms with Gasteiger partial charge in [0.25, 0.3) is 0 Å². The fourth-order valence-electron chi connectivity index (χ4n) is 2.62. The number of likely N-dealkylation sites (tertiary alicyclic amines) is 1. The number of hydrogen-bond donors (Lipinski definition) is 0. The molecular formula is C16H22BrNO. The molecule has 2 nitrogen and oxygen atoms in total. The molecule has 1 fully saturated rings. The van der Waals surface area contributed by atoms with E-state index >= 15 is 0 Å². The van der Waals surface area contributed by atoms with Crippen LogP contribution in [0.2, 0.25) is 0 Å². The third-order valence-corrected chi connectivity index (χ3v) is 4.71. The fraction of sp³-hybridized carbons (Fsp3) is 0.562. The van der Waals surface area contributed by atoms with Crippen LogP contribution in [0.5, 0.6) is 0 Å². The first-order valence-corrected chi connectivity index (χ1v) is 7.86. The monoisotopic (exact) mass is 323 g/mol.